The monoisotopic (exact) mass is 179 g/mol. The second kappa shape index (κ2) is 4.40. The molecule has 0 heterocycles. The van der Waals surface area contributed by atoms with Gasteiger partial charge in [-0.3, -0.25) is 0 Å². The Kier molecular flexibility index (Phi) is 3.20. The lowest BCUT2D eigenvalue weighted by molar-refractivity contribution is 0.408. The zero-order chi connectivity index (χ0) is 9.68. The first-order chi connectivity index (χ1) is 6.29. The standard InChI is InChI=1S/C10H13NO2/c1-11-7-9(12)8-5-3-4-6-10(8)13-2/h3-7,11-12H,1-2H3/b9-7-. The van der Waals surface area contributed by atoms with Crippen LogP contribution in [0.25, 0.3) is 5.76 Å². The van der Waals surface area contributed by atoms with Gasteiger partial charge in [0, 0.05) is 13.2 Å². The minimum absolute atomic E-state index is 0.167. The number of benzene rings is 1. The predicted molar refractivity (Wildman–Crippen MR) is 52.7 cm³/mol. The van der Waals surface area contributed by atoms with E-state index in [1.165, 1.54) is 6.20 Å². The Morgan fingerprint density at radius 3 is 2.77 bits per heavy atom. The fourth-order valence-corrected chi connectivity index (χ4v) is 1.07. The summed E-state index contributed by atoms with van der Waals surface area (Å²) in [6, 6.07) is 7.30. The molecule has 0 aliphatic carbocycles. The molecule has 0 atom stereocenters. The Morgan fingerprint density at radius 2 is 2.15 bits per heavy atom. The third kappa shape index (κ3) is 2.15. The van der Waals surface area contributed by atoms with Crippen molar-refractivity contribution >= 4 is 5.76 Å². The number of aliphatic hydroxyl groups is 1. The number of rotatable bonds is 3. The fourth-order valence-electron chi connectivity index (χ4n) is 1.07. The van der Waals surface area contributed by atoms with E-state index in [1.807, 2.05) is 12.1 Å². The lowest BCUT2D eigenvalue weighted by Crippen LogP contribution is -1.97. The molecule has 0 aliphatic rings. The SMILES string of the molecule is CN/C=C(\O)c1ccccc1OC. The van der Waals surface area contributed by atoms with E-state index in [0.717, 1.165) is 0 Å². The minimum atomic E-state index is 0.167. The van der Waals surface area contributed by atoms with Gasteiger partial charge in [0.1, 0.15) is 11.5 Å². The molecular formula is C10H13NO2. The Bertz CT molecular complexity index is 308. The van der Waals surface area contributed by atoms with Gasteiger partial charge in [-0.2, -0.15) is 0 Å². The molecule has 0 saturated heterocycles. The molecule has 1 aromatic carbocycles. The molecule has 2 N–H and O–H groups in total. The first-order valence-electron chi connectivity index (χ1n) is 3.99. The first kappa shape index (κ1) is 9.45. The van der Waals surface area contributed by atoms with Crippen LogP contribution in [0, 0.1) is 0 Å². The van der Waals surface area contributed by atoms with Crippen LogP contribution in [0.4, 0.5) is 0 Å². The molecule has 1 aromatic rings. The molecule has 0 radical (unpaired) electrons. The first-order valence-corrected chi connectivity index (χ1v) is 3.99. The van der Waals surface area contributed by atoms with Crippen molar-refractivity contribution in [3.8, 4) is 5.75 Å². The topological polar surface area (TPSA) is 41.5 Å². The summed E-state index contributed by atoms with van der Waals surface area (Å²) in [4.78, 5) is 0. The van der Waals surface area contributed by atoms with Gasteiger partial charge in [-0.15, -0.1) is 0 Å². The summed E-state index contributed by atoms with van der Waals surface area (Å²) in [5.41, 5.74) is 0.680. The van der Waals surface area contributed by atoms with Crippen molar-refractivity contribution in [3.63, 3.8) is 0 Å². The Morgan fingerprint density at radius 1 is 1.46 bits per heavy atom. The second-order valence-electron chi connectivity index (χ2n) is 2.52. The van der Waals surface area contributed by atoms with Crippen LogP contribution in [-0.4, -0.2) is 19.3 Å². The van der Waals surface area contributed by atoms with E-state index in [0.29, 0.717) is 11.3 Å². The van der Waals surface area contributed by atoms with Gasteiger partial charge in [0.05, 0.1) is 12.7 Å². The summed E-state index contributed by atoms with van der Waals surface area (Å²) in [5, 5.41) is 12.3. The van der Waals surface area contributed by atoms with E-state index >= 15 is 0 Å². The van der Waals surface area contributed by atoms with Crippen LogP contribution in [0.15, 0.2) is 30.5 Å². The summed E-state index contributed by atoms with van der Waals surface area (Å²) < 4.78 is 5.08. The molecule has 0 amide bonds. The highest BCUT2D eigenvalue weighted by Crippen LogP contribution is 2.22. The smallest absolute Gasteiger partial charge is 0.142 e. The van der Waals surface area contributed by atoms with Crippen LogP contribution in [0.5, 0.6) is 5.75 Å². The average molecular weight is 179 g/mol. The lowest BCUT2D eigenvalue weighted by Gasteiger charge is -2.06. The quantitative estimate of drug-likeness (QED) is 0.695. The maximum Gasteiger partial charge on any atom is 0.142 e. The predicted octanol–water partition coefficient (Wildman–Crippen LogP) is 1.77. The highest BCUT2D eigenvalue weighted by atomic mass is 16.5. The van der Waals surface area contributed by atoms with Crippen LogP contribution >= 0.6 is 0 Å². The Labute approximate surface area is 77.7 Å². The average Bonchev–Trinajstić information content (AvgIpc) is 2.18. The van der Waals surface area contributed by atoms with Crippen LogP contribution < -0.4 is 10.1 Å². The molecule has 0 fully saturated rings. The van der Waals surface area contributed by atoms with Crippen molar-refractivity contribution in [2.45, 2.75) is 0 Å². The van der Waals surface area contributed by atoms with Gasteiger partial charge in [0.15, 0.2) is 0 Å². The molecule has 0 spiro atoms. The number of nitrogens with one attached hydrogen (secondary N) is 1. The van der Waals surface area contributed by atoms with E-state index in [2.05, 4.69) is 5.32 Å². The Hall–Kier alpha value is -1.64. The normalized spacial score (nSPS) is 11.1. The van der Waals surface area contributed by atoms with Crippen molar-refractivity contribution in [1.82, 2.24) is 5.32 Å². The summed E-state index contributed by atoms with van der Waals surface area (Å²) in [7, 11) is 3.30. The van der Waals surface area contributed by atoms with E-state index < -0.39 is 0 Å². The molecule has 0 bridgehead atoms. The molecule has 0 aromatic heterocycles. The van der Waals surface area contributed by atoms with Crippen molar-refractivity contribution < 1.29 is 9.84 Å². The summed E-state index contributed by atoms with van der Waals surface area (Å²) >= 11 is 0. The second-order valence-corrected chi connectivity index (χ2v) is 2.52. The van der Waals surface area contributed by atoms with Gasteiger partial charge in [-0.05, 0) is 12.1 Å². The van der Waals surface area contributed by atoms with Crippen molar-refractivity contribution in [1.29, 1.82) is 0 Å². The van der Waals surface area contributed by atoms with E-state index in [-0.39, 0.29) is 5.76 Å². The van der Waals surface area contributed by atoms with Gasteiger partial charge >= 0.3 is 0 Å². The molecule has 0 unspecified atom stereocenters. The zero-order valence-corrected chi connectivity index (χ0v) is 7.74. The van der Waals surface area contributed by atoms with E-state index in [4.69, 9.17) is 4.74 Å². The summed E-state index contributed by atoms with van der Waals surface area (Å²) in [6.07, 6.45) is 1.51. The number of para-hydroxylation sites is 1. The van der Waals surface area contributed by atoms with Crippen molar-refractivity contribution in [3.05, 3.63) is 36.0 Å². The van der Waals surface area contributed by atoms with Crippen molar-refractivity contribution in [2.24, 2.45) is 0 Å². The molecule has 3 heteroatoms. The zero-order valence-electron chi connectivity index (χ0n) is 7.74. The molecule has 0 saturated carbocycles. The summed E-state index contributed by atoms with van der Waals surface area (Å²) in [6.45, 7) is 0. The lowest BCUT2D eigenvalue weighted by atomic mass is 10.2. The maximum absolute atomic E-state index is 9.55. The van der Waals surface area contributed by atoms with Crippen LogP contribution in [0.3, 0.4) is 0 Å². The highest BCUT2D eigenvalue weighted by Gasteiger charge is 2.04. The summed E-state index contributed by atoms with van der Waals surface area (Å²) in [5.74, 6) is 0.825. The molecule has 3 nitrogen and oxygen atoms in total. The molecule has 13 heavy (non-hydrogen) atoms. The van der Waals surface area contributed by atoms with Gasteiger partial charge < -0.3 is 15.2 Å². The maximum atomic E-state index is 9.55. The number of ether oxygens (including phenoxy) is 1. The van der Waals surface area contributed by atoms with Crippen LogP contribution in [0.1, 0.15) is 5.56 Å². The Balaban J connectivity index is 3.05. The van der Waals surface area contributed by atoms with Crippen LogP contribution in [0.2, 0.25) is 0 Å². The van der Waals surface area contributed by atoms with E-state index in [1.54, 1.807) is 26.3 Å². The highest BCUT2D eigenvalue weighted by molar-refractivity contribution is 5.64. The number of aliphatic hydroxyl groups excluding tert-OH is 1. The van der Waals surface area contributed by atoms with Gasteiger partial charge in [-0.25, -0.2) is 0 Å². The van der Waals surface area contributed by atoms with Gasteiger partial charge in [0.2, 0.25) is 0 Å². The largest absolute Gasteiger partial charge is 0.506 e. The number of hydrogen-bond acceptors (Lipinski definition) is 3. The van der Waals surface area contributed by atoms with Gasteiger partial charge in [0.25, 0.3) is 0 Å². The molecule has 0 aliphatic heterocycles. The van der Waals surface area contributed by atoms with Gasteiger partial charge in [-0.1, -0.05) is 12.1 Å². The minimum Gasteiger partial charge on any atom is -0.506 e. The third-order valence-electron chi connectivity index (χ3n) is 1.66. The molecule has 70 valence electrons. The van der Waals surface area contributed by atoms with Crippen molar-refractivity contribution in [2.75, 3.05) is 14.2 Å². The molecular weight excluding hydrogens is 166 g/mol. The van der Waals surface area contributed by atoms with E-state index in [9.17, 15) is 5.11 Å². The third-order valence-corrected chi connectivity index (χ3v) is 1.66. The molecule has 1 rings (SSSR count). The van der Waals surface area contributed by atoms with Crippen LogP contribution in [-0.2, 0) is 0 Å². The number of hydrogen-bond donors (Lipinski definition) is 2. The fraction of sp³-hybridized carbons (Fsp3) is 0.200. The number of methoxy groups -OCH3 is 1.